The molecule has 0 spiro atoms. The van der Waals surface area contributed by atoms with Gasteiger partial charge in [0, 0.05) is 5.69 Å². The predicted molar refractivity (Wildman–Crippen MR) is 99.4 cm³/mol. The van der Waals surface area contributed by atoms with E-state index in [0.717, 1.165) is 0 Å². The number of anilines is 1. The molecule has 0 aliphatic rings. The summed E-state index contributed by atoms with van der Waals surface area (Å²) in [7, 11) is 1.23. The van der Waals surface area contributed by atoms with Gasteiger partial charge in [0.05, 0.1) is 23.3 Å². The minimum absolute atomic E-state index is 0.126. The number of carbonyl (C=O) groups is 3. The van der Waals surface area contributed by atoms with Gasteiger partial charge in [-0.1, -0.05) is 11.6 Å². The highest BCUT2D eigenvalue weighted by Gasteiger charge is 2.20. The second kappa shape index (κ2) is 9.83. The molecule has 1 N–H and O–H groups in total. The van der Waals surface area contributed by atoms with Crippen molar-refractivity contribution in [3.05, 3.63) is 58.6 Å². The number of carbonyl (C=O) groups excluding carboxylic acids is 3. The Morgan fingerprint density at radius 3 is 2.10 bits per heavy atom. The summed E-state index contributed by atoms with van der Waals surface area (Å²) < 4.78 is 38.3. The molecule has 2 aromatic rings. The monoisotopic (exact) mass is 427 g/mol. The molecule has 0 saturated carbocycles. The van der Waals surface area contributed by atoms with Crippen LogP contribution in [0.1, 0.15) is 27.6 Å². The second-order valence-corrected chi connectivity index (χ2v) is 6.04. The third-order valence-electron chi connectivity index (χ3n) is 3.61. The van der Waals surface area contributed by atoms with Crippen molar-refractivity contribution in [3.63, 3.8) is 0 Å². The first kappa shape index (κ1) is 22.1. The smallest absolute Gasteiger partial charge is 0.387 e. The van der Waals surface area contributed by atoms with Crippen LogP contribution >= 0.6 is 11.6 Å². The molecule has 0 heterocycles. The first-order valence-electron chi connectivity index (χ1n) is 8.16. The molecule has 2 aromatic carbocycles. The van der Waals surface area contributed by atoms with Crippen LogP contribution in [0.25, 0.3) is 0 Å². The molecule has 29 heavy (non-hydrogen) atoms. The fourth-order valence-corrected chi connectivity index (χ4v) is 2.38. The fourth-order valence-electron chi connectivity index (χ4n) is 2.16. The number of halogens is 3. The highest BCUT2D eigenvalue weighted by molar-refractivity contribution is 6.32. The van der Waals surface area contributed by atoms with Gasteiger partial charge in [0.25, 0.3) is 5.91 Å². The molecule has 1 atom stereocenters. The lowest BCUT2D eigenvalue weighted by atomic mass is 10.1. The van der Waals surface area contributed by atoms with Crippen molar-refractivity contribution in [2.75, 3.05) is 12.4 Å². The van der Waals surface area contributed by atoms with Gasteiger partial charge in [-0.15, -0.1) is 0 Å². The van der Waals surface area contributed by atoms with E-state index in [-0.39, 0.29) is 27.6 Å². The maximum absolute atomic E-state index is 12.2. The Kier molecular flexibility index (Phi) is 7.49. The average Bonchev–Trinajstić information content (AvgIpc) is 2.69. The molecule has 1 amide bonds. The molecule has 0 unspecified atom stereocenters. The number of hydrogen-bond acceptors (Lipinski definition) is 6. The molecule has 7 nitrogen and oxygen atoms in total. The Morgan fingerprint density at radius 2 is 1.59 bits per heavy atom. The van der Waals surface area contributed by atoms with Gasteiger partial charge < -0.3 is 19.5 Å². The van der Waals surface area contributed by atoms with Gasteiger partial charge in [-0.3, -0.25) is 4.79 Å². The number of benzene rings is 2. The zero-order valence-electron chi connectivity index (χ0n) is 15.3. The quantitative estimate of drug-likeness (QED) is 0.674. The second-order valence-electron chi connectivity index (χ2n) is 5.63. The van der Waals surface area contributed by atoms with Crippen molar-refractivity contribution in [2.45, 2.75) is 19.6 Å². The largest absolute Gasteiger partial charge is 0.465 e. The predicted octanol–water partition coefficient (Wildman–Crippen LogP) is 3.91. The maximum atomic E-state index is 12.2. The Labute approximate surface area is 169 Å². The van der Waals surface area contributed by atoms with Crippen LogP contribution in [0.5, 0.6) is 5.75 Å². The van der Waals surface area contributed by atoms with Gasteiger partial charge >= 0.3 is 18.6 Å². The van der Waals surface area contributed by atoms with Crippen molar-refractivity contribution in [3.8, 4) is 5.75 Å². The highest BCUT2D eigenvalue weighted by Crippen LogP contribution is 2.29. The van der Waals surface area contributed by atoms with Crippen molar-refractivity contribution in [1.29, 1.82) is 0 Å². The Bertz CT molecular complexity index is 904. The van der Waals surface area contributed by atoms with Crippen LogP contribution in [-0.2, 0) is 14.3 Å². The van der Waals surface area contributed by atoms with Crippen molar-refractivity contribution >= 4 is 35.1 Å². The van der Waals surface area contributed by atoms with Gasteiger partial charge in [0.1, 0.15) is 5.75 Å². The molecule has 0 fully saturated rings. The first-order chi connectivity index (χ1) is 13.7. The van der Waals surface area contributed by atoms with E-state index in [4.69, 9.17) is 16.3 Å². The Balaban J connectivity index is 1.97. The molecule has 0 saturated heterocycles. The summed E-state index contributed by atoms with van der Waals surface area (Å²) in [6.45, 7) is -1.68. The van der Waals surface area contributed by atoms with Crippen molar-refractivity contribution < 1.29 is 37.4 Å². The molecular weight excluding hydrogens is 412 g/mol. The number of alkyl halides is 2. The minimum Gasteiger partial charge on any atom is -0.465 e. The lowest BCUT2D eigenvalue weighted by Crippen LogP contribution is -2.30. The number of amides is 1. The molecule has 2 rings (SSSR count). The summed E-state index contributed by atoms with van der Waals surface area (Å²) in [4.78, 5) is 35.7. The van der Waals surface area contributed by atoms with E-state index in [1.165, 1.54) is 56.5 Å². The zero-order chi connectivity index (χ0) is 21.6. The van der Waals surface area contributed by atoms with E-state index < -0.39 is 30.6 Å². The number of nitrogens with one attached hydrogen (secondary N) is 1. The normalized spacial score (nSPS) is 11.5. The Hall–Kier alpha value is -3.20. The Morgan fingerprint density at radius 1 is 1.00 bits per heavy atom. The van der Waals surface area contributed by atoms with Crippen LogP contribution < -0.4 is 10.1 Å². The van der Waals surface area contributed by atoms with Gasteiger partial charge in [-0.2, -0.15) is 8.78 Å². The number of methoxy groups -OCH3 is 1. The summed E-state index contributed by atoms with van der Waals surface area (Å²) in [6.07, 6.45) is -1.17. The van der Waals surface area contributed by atoms with E-state index in [1.807, 2.05) is 0 Å². The summed E-state index contributed by atoms with van der Waals surface area (Å²) in [6, 6.07) is 9.19. The van der Waals surface area contributed by atoms with E-state index in [0.29, 0.717) is 0 Å². The average molecular weight is 428 g/mol. The number of ether oxygens (including phenoxy) is 3. The van der Waals surface area contributed by atoms with E-state index in [9.17, 15) is 23.2 Å². The van der Waals surface area contributed by atoms with Crippen LogP contribution in [0.15, 0.2) is 42.5 Å². The minimum atomic E-state index is -3.03. The zero-order valence-corrected chi connectivity index (χ0v) is 16.0. The molecule has 0 aliphatic carbocycles. The van der Waals surface area contributed by atoms with E-state index in [1.54, 1.807) is 0 Å². The molecule has 0 radical (unpaired) electrons. The molecular formula is C19H16ClF2NO6. The van der Waals surface area contributed by atoms with Gasteiger partial charge in [-0.25, -0.2) is 9.59 Å². The van der Waals surface area contributed by atoms with E-state index >= 15 is 0 Å². The first-order valence-corrected chi connectivity index (χ1v) is 8.53. The van der Waals surface area contributed by atoms with Crippen LogP contribution in [0, 0.1) is 0 Å². The molecule has 0 aliphatic heterocycles. The third-order valence-corrected chi connectivity index (χ3v) is 3.91. The van der Waals surface area contributed by atoms with E-state index in [2.05, 4.69) is 14.8 Å². The van der Waals surface area contributed by atoms with Crippen molar-refractivity contribution in [2.24, 2.45) is 0 Å². The lowest BCUT2D eigenvalue weighted by molar-refractivity contribution is -0.123. The van der Waals surface area contributed by atoms with Crippen LogP contribution in [0.4, 0.5) is 14.5 Å². The van der Waals surface area contributed by atoms with Gasteiger partial charge in [-0.05, 0) is 49.4 Å². The van der Waals surface area contributed by atoms with Crippen LogP contribution in [0.2, 0.25) is 5.02 Å². The summed E-state index contributed by atoms with van der Waals surface area (Å²) in [5.74, 6) is -2.23. The fraction of sp³-hybridized carbons (Fsp3) is 0.211. The van der Waals surface area contributed by atoms with Crippen LogP contribution in [0.3, 0.4) is 0 Å². The molecule has 0 bridgehead atoms. The number of esters is 2. The van der Waals surface area contributed by atoms with Gasteiger partial charge in [0.2, 0.25) is 0 Å². The molecule has 0 aromatic heterocycles. The van der Waals surface area contributed by atoms with Gasteiger partial charge in [0.15, 0.2) is 6.10 Å². The summed E-state index contributed by atoms with van der Waals surface area (Å²) in [5, 5.41) is 2.32. The SMILES string of the molecule is COC(=O)c1ccc(C(=O)O[C@H](C)C(=O)Nc2ccc(OC(F)F)c(Cl)c2)cc1. The third kappa shape index (κ3) is 6.15. The maximum Gasteiger partial charge on any atom is 0.387 e. The highest BCUT2D eigenvalue weighted by atomic mass is 35.5. The topological polar surface area (TPSA) is 90.9 Å². The number of hydrogen-bond donors (Lipinski definition) is 1. The molecule has 10 heteroatoms. The molecule has 154 valence electrons. The standard InChI is InChI=1S/C19H16ClF2NO6/c1-10(28-18(26)12-5-3-11(4-6-12)17(25)27-2)16(24)23-13-7-8-15(14(20)9-13)29-19(21)22/h3-10,19H,1-2H3,(H,23,24)/t10-/m1/s1. The van der Waals surface area contributed by atoms with Crippen LogP contribution in [-0.4, -0.2) is 37.7 Å². The number of rotatable bonds is 7. The lowest BCUT2D eigenvalue weighted by Gasteiger charge is -2.14. The summed E-state index contributed by atoms with van der Waals surface area (Å²) >= 11 is 5.82. The summed E-state index contributed by atoms with van der Waals surface area (Å²) in [5.41, 5.74) is 0.590. The van der Waals surface area contributed by atoms with Crippen molar-refractivity contribution in [1.82, 2.24) is 0 Å².